The van der Waals surface area contributed by atoms with Gasteiger partial charge in [-0.3, -0.25) is 24.1 Å². The number of piperidine rings is 2. The molecule has 9 aromatic rings. The van der Waals surface area contributed by atoms with Crippen LogP contribution in [0.2, 0.25) is 15.1 Å². The molecule has 0 radical (unpaired) electrons. The number of rotatable bonds is 19. The third-order valence-corrected chi connectivity index (χ3v) is 19.8. The Morgan fingerprint density at radius 3 is 1.29 bits per heavy atom. The smallest absolute Gasteiger partial charge is 0.246 e. The summed E-state index contributed by atoms with van der Waals surface area (Å²) in [4.78, 5) is 71.7. The number of hydrogen-bond donors (Lipinski definition) is 3. The Morgan fingerprint density at radius 1 is 0.431 bits per heavy atom. The van der Waals surface area contributed by atoms with Crippen molar-refractivity contribution in [1.82, 2.24) is 34.6 Å². The average Bonchev–Trinajstić information content (AvgIpc) is 0.811. The highest BCUT2D eigenvalue weighted by molar-refractivity contribution is 6.32. The van der Waals surface area contributed by atoms with Gasteiger partial charge in [-0.2, -0.15) is 0 Å². The van der Waals surface area contributed by atoms with Crippen molar-refractivity contribution in [3.05, 3.63) is 223 Å². The summed E-state index contributed by atoms with van der Waals surface area (Å²) in [5.74, 6) is 20.6. The summed E-state index contributed by atoms with van der Waals surface area (Å²) < 4.78 is 0. The fourth-order valence-electron chi connectivity index (χ4n) is 13.1. The number of fused-ring (bicyclic) bond motifs is 3. The van der Waals surface area contributed by atoms with Gasteiger partial charge in [0.25, 0.3) is 0 Å². The maximum atomic E-state index is 12.7. The Labute approximate surface area is 615 Å². The van der Waals surface area contributed by atoms with E-state index in [4.69, 9.17) is 52.0 Å². The van der Waals surface area contributed by atoms with Crippen LogP contribution in [0, 0.1) is 49.4 Å². The van der Waals surface area contributed by atoms with Gasteiger partial charge >= 0.3 is 0 Å². The Hall–Kier alpha value is -9.40. The molecule has 6 N–H and O–H groups in total. The van der Waals surface area contributed by atoms with Crippen LogP contribution >= 0.6 is 34.8 Å². The summed E-state index contributed by atoms with van der Waals surface area (Å²) in [5, 5.41) is 7.31. The quantitative estimate of drug-likeness (QED) is 0.0299. The first-order valence-corrected chi connectivity index (χ1v) is 36.7. The molecule has 6 aromatic carbocycles. The van der Waals surface area contributed by atoms with Crippen LogP contribution in [0.15, 0.2) is 147 Å². The van der Waals surface area contributed by atoms with Crippen LogP contribution in [0.5, 0.6) is 0 Å². The van der Waals surface area contributed by atoms with Crippen LogP contribution in [-0.4, -0.2) is 130 Å². The lowest BCUT2D eigenvalue weighted by Gasteiger charge is -2.34. The molecule has 3 saturated heterocycles. The number of carbonyl (C=O) groups excluding carboxylic acids is 4. The van der Waals surface area contributed by atoms with Crippen LogP contribution in [0.3, 0.4) is 0 Å². The number of unbranched alkanes of at least 4 members (excludes halogenated alkanes) is 3. The van der Waals surface area contributed by atoms with E-state index in [0.717, 1.165) is 156 Å². The number of aryl methyl sites for hydroxylation is 2. The Morgan fingerprint density at radius 2 is 0.843 bits per heavy atom. The normalized spacial score (nSPS) is 14.0. The number of nitrogen functional groups attached to an aromatic ring is 3. The summed E-state index contributed by atoms with van der Waals surface area (Å²) in [6, 6.07) is 35.6. The SMILES string of the molecule is C=CC(=O)N1CCN(CCCCC(=O)c2ccc(C#Cc3c(N)ncc4ccc(Cl)cc34)cc2)CC1.Cc1cc(C#Cc2c(N)ncc3ccc(Cl)cc23)ccc1C(=O)CCCCN1CCCCC1.Cc1cc(C(=O)CCCCN2CCCCC2)ccc1C#Cc1c(N)ncc2ccc(Cl)cc12. The molecule has 0 aliphatic carbocycles. The van der Waals surface area contributed by atoms with Crippen LogP contribution in [0.1, 0.15) is 172 Å². The Balaban J connectivity index is 0.000000165. The molecule has 0 unspecified atom stereocenters. The largest absolute Gasteiger partial charge is 0.383 e. The number of piperazine rings is 1. The molecule has 12 rings (SSSR count). The summed E-state index contributed by atoms with van der Waals surface area (Å²) in [6.45, 7) is 18.7. The van der Waals surface area contributed by atoms with Crippen molar-refractivity contribution in [3.63, 3.8) is 0 Å². The van der Waals surface area contributed by atoms with Crippen LogP contribution in [-0.2, 0) is 4.79 Å². The van der Waals surface area contributed by atoms with Crippen molar-refractivity contribution in [2.45, 2.75) is 110 Å². The van der Waals surface area contributed by atoms with E-state index < -0.39 is 0 Å². The lowest BCUT2D eigenvalue weighted by atomic mass is 9.98. The molecule has 3 aromatic heterocycles. The fraction of sp³-hybridized carbons (Fsp3) is 0.329. The van der Waals surface area contributed by atoms with E-state index in [1.807, 2.05) is 134 Å². The number of carbonyl (C=O) groups is 4. The number of benzene rings is 6. The second-order valence-electron chi connectivity index (χ2n) is 26.5. The molecule has 102 heavy (non-hydrogen) atoms. The van der Waals surface area contributed by atoms with E-state index >= 15 is 0 Å². The molecule has 6 heterocycles. The number of hydrogen-bond acceptors (Lipinski definition) is 13. The third kappa shape index (κ3) is 21.3. The lowest BCUT2D eigenvalue weighted by Crippen LogP contribution is -2.48. The number of nitrogens with zero attached hydrogens (tertiary/aromatic N) is 7. The number of anilines is 3. The summed E-state index contributed by atoms with van der Waals surface area (Å²) >= 11 is 18.5. The minimum atomic E-state index is -0.00291. The van der Waals surface area contributed by atoms with E-state index in [1.165, 1.54) is 70.8 Å². The Kier molecular flexibility index (Phi) is 27.7. The number of ketones is 3. The number of Topliss-reactive ketones (excluding diaryl/α,β-unsaturated/α-hetero) is 3. The number of aromatic nitrogens is 3. The fourth-order valence-corrected chi connectivity index (χ4v) is 13.7. The Bertz CT molecular complexity index is 4700. The first-order chi connectivity index (χ1) is 49.5. The van der Waals surface area contributed by atoms with Gasteiger partial charge in [0, 0.05) is 145 Å². The highest BCUT2D eigenvalue weighted by Crippen LogP contribution is 2.29. The number of amides is 1. The molecule has 3 aliphatic heterocycles. The molecule has 17 heteroatoms. The number of halogens is 3. The summed E-state index contributed by atoms with van der Waals surface area (Å²) in [6.07, 6.45) is 22.0. The van der Waals surface area contributed by atoms with Crippen LogP contribution < -0.4 is 17.2 Å². The van der Waals surface area contributed by atoms with Crippen molar-refractivity contribution in [1.29, 1.82) is 0 Å². The van der Waals surface area contributed by atoms with Crippen LogP contribution in [0.4, 0.5) is 17.5 Å². The maximum Gasteiger partial charge on any atom is 0.246 e. The monoisotopic (exact) mass is 1420 g/mol. The summed E-state index contributed by atoms with van der Waals surface area (Å²) in [5.41, 5.74) is 26.9. The molecular weight excluding hydrogens is 1330 g/mol. The molecule has 1 amide bonds. The first-order valence-electron chi connectivity index (χ1n) is 35.5. The topological polar surface area (TPSA) is 198 Å². The second kappa shape index (κ2) is 37.5. The van der Waals surface area contributed by atoms with Gasteiger partial charge in [-0.05, 0) is 220 Å². The zero-order chi connectivity index (χ0) is 71.9. The predicted molar refractivity (Wildman–Crippen MR) is 419 cm³/mol. The first kappa shape index (κ1) is 75.3. The molecule has 14 nitrogen and oxygen atoms in total. The van der Waals surface area contributed by atoms with Crippen molar-refractivity contribution in [2.24, 2.45) is 0 Å². The van der Waals surface area contributed by atoms with Gasteiger partial charge in [-0.25, -0.2) is 15.0 Å². The third-order valence-electron chi connectivity index (χ3n) is 19.1. The van der Waals surface area contributed by atoms with Gasteiger partial charge in [-0.1, -0.05) is 126 Å². The zero-order valence-electron chi connectivity index (χ0n) is 58.5. The van der Waals surface area contributed by atoms with Crippen molar-refractivity contribution in [3.8, 4) is 35.5 Å². The minimum absolute atomic E-state index is 0.00291. The van der Waals surface area contributed by atoms with Crippen LogP contribution in [0.25, 0.3) is 32.3 Å². The number of nitrogens with two attached hydrogens (primary N) is 3. The van der Waals surface area contributed by atoms with Crippen molar-refractivity contribution < 1.29 is 19.2 Å². The maximum absolute atomic E-state index is 12.7. The molecule has 3 aliphatic rings. The molecule has 0 saturated carbocycles. The average molecular weight is 1420 g/mol. The number of pyridine rings is 3. The molecule has 0 spiro atoms. The molecule has 524 valence electrons. The van der Waals surface area contributed by atoms with Crippen molar-refractivity contribution >= 4 is 108 Å². The van der Waals surface area contributed by atoms with Crippen molar-refractivity contribution in [2.75, 3.05) is 89.2 Å². The van der Waals surface area contributed by atoms with E-state index in [0.29, 0.717) is 74.0 Å². The zero-order valence-corrected chi connectivity index (χ0v) is 60.8. The standard InChI is InChI=1S/C29H29ClN4O2.2C28H30ClN3O/c1-2-28(36)34-17-15-33(16-18-34)14-4-3-5-27(35)22-9-6-21(7-10-22)8-13-25-26-19-24(30)12-11-23(26)20-32-29(25)31;1-20-17-21(9-13-25-26-18-23(29)11-10-22(26)19-31-28(25)30)8-12-24(20)27(33)7-3-6-16-32-14-4-2-5-15-32;1-20-17-22(27(33)7-3-6-16-32-14-4-2-5-15-32)9-8-21(20)11-13-25-26-18-24(29)12-10-23(26)19-31-28(25)30/h2,6-7,9-12,19-20H,1,3-5,14-18H2,(H2,31,32);8,10-12,17-19H,2-7,14-16H2,1H3,(H2,30,31);8-10,12,17-19H,2-7,14-16H2,1H3,(H2,30,31). The second-order valence-corrected chi connectivity index (χ2v) is 27.8. The lowest BCUT2D eigenvalue weighted by molar-refractivity contribution is -0.127. The number of likely N-dealkylation sites (tertiary alicyclic amines) is 2. The van der Waals surface area contributed by atoms with E-state index in [-0.39, 0.29) is 23.3 Å². The van der Waals surface area contributed by atoms with E-state index in [9.17, 15) is 19.2 Å². The predicted octanol–water partition coefficient (Wildman–Crippen LogP) is 16.6. The van der Waals surface area contributed by atoms with Gasteiger partial charge in [0.1, 0.15) is 17.5 Å². The van der Waals surface area contributed by atoms with Gasteiger partial charge in [0.15, 0.2) is 17.3 Å². The molecular formula is C85H89Cl3N10O4. The van der Waals surface area contributed by atoms with Gasteiger partial charge < -0.3 is 31.9 Å². The van der Waals surface area contributed by atoms with Gasteiger partial charge in [0.05, 0.1) is 16.7 Å². The van der Waals surface area contributed by atoms with E-state index in [2.05, 4.69) is 71.8 Å². The van der Waals surface area contributed by atoms with Gasteiger partial charge in [0.2, 0.25) is 5.91 Å². The van der Waals surface area contributed by atoms with E-state index in [1.54, 1.807) is 18.6 Å². The molecule has 0 atom stereocenters. The highest BCUT2D eigenvalue weighted by Gasteiger charge is 2.20. The molecule has 0 bridgehead atoms. The summed E-state index contributed by atoms with van der Waals surface area (Å²) in [7, 11) is 0. The minimum Gasteiger partial charge on any atom is -0.383 e. The molecule has 3 fully saturated rings. The van der Waals surface area contributed by atoms with Gasteiger partial charge in [-0.15, -0.1) is 0 Å². The highest BCUT2D eigenvalue weighted by atomic mass is 35.5.